The van der Waals surface area contributed by atoms with E-state index in [1.165, 1.54) is 30.3 Å². The molecule has 2 fully saturated rings. The first kappa shape index (κ1) is 56.3. The van der Waals surface area contributed by atoms with Crippen LogP contribution >= 0.6 is 0 Å². The van der Waals surface area contributed by atoms with Gasteiger partial charge in [0.1, 0.15) is 78.2 Å². The van der Waals surface area contributed by atoms with Gasteiger partial charge in [0.25, 0.3) is 0 Å². The van der Waals surface area contributed by atoms with Gasteiger partial charge in [-0.15, -0.1) is 0 Å². The minimum Gasteiger partial charge on any atom is -0.436 e. The van der Waals surface area contributed by atoms with Crippen molar-refractivity contribution in [1.82, 2.24) is 47.1 Å². The molecule has 4 aromatic rings. The third-order valence-corrected chi connectivity index (χ3v) is 13.9. The number of aliphatic imine (C=N–C) groups is 2. The van der Waals surface area contributed by atoms with Crippen LogP contribution in [0.1, 0.15) is 24.0 Å². The summed E-state index contributed by atoms with van der Waals surface area (Å²) in [7, 11) is 0. The van der Waals surface area contributed by atoms with Crippen LogP contribution in [0.5, 0.6) is 0 Å². The first-order chi connectivity index (χ1) is 37.3. The summed E-state index contributed by atoms with van der Waals surface area (Å²) in [4.78, 5) is 100. The molecule has 28 nitrogen and oxygen atoms in total. The molecule has 15 atom stereocenters. The van der Waals surface area contributed by atoms with Gasteiger partial charge >= 0.3 is 0 Å². The van der Waals surface area contributed by atoms with E-state index in [2.05, 4.69) is 52.2 Å². The van der Waals surface area contributed by atoms with E-state index in [9.17, 15) is 64.1 Å². The number of ether oxygens (including phenoxy) is 1. The minimum absolute atomic E-state index is 0.0658. The molecule has 6 amide bonds. The standard InChI is InChI=1S/C49H60FN13O15/c1-20(22-6-3-2-4-7-22)33-43(74)56-26(13-21-10-11-30-25(12-21)58-46(77-30)23-8-5-9-24(50)14-23)42(73)61-34(36(67)27-15-54-48(51)59-27)45(76)62-35(44(75)57-28(18-64)41(72)53-17-32(66)60-33)37(68)29-16-55-49(52)63(29)47-40(71)39(70)38(69)31(19-65)78-47/h2-12,14,20,26-29,31,33-40,47,64-65,67-71H,13,15-19H2,1H3,(H2,52,55)(H,53,72)(H,56,74)(H,57,75)(H,60,66)(H,61,73)(H,62,76)(H3,51,54,59)/t20-,26+,27-,28-,29-,31+,33-,34-,35+,36-,37+,38+,39-,40-,47-/m0/s1. The van der Waals surface area contributed by atoms with Gasteiger partial charge < -0.3 is 98.5 Å². The molecule has 0 spiro atoms. The molecule has 78 heavy (non-hydrogen) atoms. The van der Waals surface area contributed by atoms with Gasteiger partial charge in [0, 0.05) is 17.9 Å². The maximum atomic E-state index is 15.0. The summed E-state index contributed by atoms with van der Waals surface area (Å²) >= 11 is 0. The van der Waals surface area contributed by atoms with Gasteiger partial charge in [0.2, 0.25) is 41.3 Å². The van der Waals surface area contributed by atoms with Crippen molar-refractivity contribution in [2.45, 2.75) is 104 Å². The molecule has 8 rings (SSSR count). The summed E-state index contributed by atoms with van der Waals surface area (Å²) in [6.07, 6.45) is -13.7. The van der Waals surface area contributed by atoms with Crippen LogP contribution in [-0.2, 0) is 39.9 Å². The lowest BCUT2D eigenvalue weighted by Gasteiger charge is -2.46. The monoisotopic (exact) mass is 1090 g/mol. The third kappa shape index (κ3) is 12.3. The predicted octanol–water partition coefficient (Wildman–Crippen LogP) is -6.67. The van der Waals surface area contributed by atoms with E-state index >= 15 is 4.79 Å². The second-order valence-electron chi connectivity index (χ2n) is 19.1. The van der Waals surface area contributed by atoms with Gasteiger partial charge in [-0.1, -0.05) is 49.4 Å². The molecule has 2 saturated heterocycles. The van der Waals surface area contributed by atoms with Gasteiger partial charge in [-0.25, -0.2) is 9.37 Å². The fourth-order valence-corrected chi connectivity index (χ4v) is 9.55. The van der Waals surface area contributed by atoms with E-state index in [-0.39, 0.29) is 35.9 Å². The summed E-state index contributed by atoms with van der Waals surface area (Å²) < 4.78 is 25.8. The summed E-state index contributed by atoms with van der Waals surface area (Å²) in [6, 6.07) is 6.28. The number of carbonyl (C=O) groups is 6. The summed E-state index contributed by atoms with van der Waals surface area (Å²) in [5, 5.41) is 94.1. The molecule has 4 aliphatic heterocycles. The Balaban J connectivity index is 1.18. The van der Waals surface area contributed by atoms with E-state index in [1.807, 2.05) is 0 Å². The molecule has 0 bridgehead atoms. The van der Waals surface area contributed by atoms with E-state index in [0.717, 1.165) is 4.90 Å². The molecule has 18 N–H and O–H groups in total. The van der Waals surface area contributed by atoms with Crippen molar-refractivity contribution in [2.24, 2.45) is 21.5 Å². The topological polar surface area (TPSA) is 443 Å². The Bertz CT molecular complexity index is 2930. The smallest absolute Gasteiger partial charge is 0.246 e. The van der Waals surface area contributed by atoms with Crippen LogP contribution in [-0.4, -0.2) is 211 Å². The summed E-state index contributed by atoms with van der Waals surface area (Å²) in [5.74, 6) is -8.86. The Kier molecular flexibility index (Phi) is 17.5. The van der Waals surface area contributed by atoms with E-state index < -0.39 is 165 Å². The minimum atomic E-state index is -2.29. The SMILES string of the molecule is C[C@@H](c1ccccc1)[C@@H]1NC(=O)CNC(=O)[C@H](CO)NC(=O)[C@@H]([C@H](O)[C@@H]2CN=C(N)N2[C@H]2O[C@H](CO)[C@@H](O)[C@H](O)[C@@H]2O)NC(=O)[C@H]([C@@H](O)[C@@H]2CN=C(N)N2)NC(=O)[C@@H](Cc2ccc3oc(-c4cccc(F)c4)nc3c2)NC1=O. The van der Waals surface area contributed by atoms with Gasteiger partial charge in [0.15, 0.2) is 23.7 Å². The second-order valence-corrected chi connectivity index (χ2v) is 19.1. The van der Waals surface area contributed by atoms with Gasteiger partial charge in [-0.05, 0) is 41.5 Å². The number of oxazole rings is 1. The quantitative estimate of drug-likeness (QED) is 0.0627. The van der Waals surface area contributed by atoms with Crippen LogP contribution in [0.3, 0.4) is 0 Å². The number of nitrogens with one attached hydrogen (secondary N) is 7. The van der Waals surface area contributed by atoms with Crippen LogP contribution < -0.4 is 48.7 Å². The Morgan fingerprint density at radius 2 is 1.41 bits per heavy atom. The van der Waals surface area contributed by atoms with Crippen molar-refractivity contribution in [3.05, 3.63) is 89.7 Å². The molecular formula is C49H60FN13O15. The van der Waals surface area contributed by atoms with Crippen LogP contribution in [0.4, 0.5) is 4.39 Å². The average Bonchev–Trinajstić information content (AvgIpc) is 4.27. The van der Waals surface area contributed by atoms with Crippen molar-refractivity contribution < 1.29 is 78.1 Å². The number of hydrogen-bond acceptors (Lipinski definition) is 22. The number of hydrogen-bond donors (Lipinski definition) is 16. The molecule has 0 unspecified atom stereocenters. The Morgan fingerprint density at radius 1 is 0.718 bits per heavy atom. The largest absolute Gasteiger partial charge is 0.436 e. The molecule has 4 aliphatic rings. The predicted molar refractivity (Wildman–Crippen MR) is 269 cm³/mol. The molecule has 1 aromatic heterocycles. The number of carbonyl (C=O) groups excluding carboxylic acids is 6. The van der Waals surface area contributed by atoms with E-state index in [4.69, 9.17) is 20.6 Å². The zero-order valence-corrected chi connectivity index (χ0v) is 41.5. The van der Waals surface area contributed by atoms with E-state index in [0.29, 0.717) is 16.7 Å². The van der Waals surface area contributed by atoms with E-state index in [1.54, 1.807) is 49.4 Å². The molecule has 0 radical (unpaired) electrons. The molecule has 5 heterocycles. The molecule has 3 aromatic carbocycles. The zero-order chi connectivity index (χ0) is 56.1. The Labute approximate surface area is 442 Å². The number of fused-ring (bicyclic) bond motifs is 1. The number of halogens is 1. The maximum Gasteiger partial charge on any atom is 0.246 e. The highest BCUT2D eigenvalue weighted by molar-refractivity contribution is 5.98. The average molecular weight is 1090 g/mol. The van der Waals surface area contributed by atoms with Gasteiger partial charge in [-0.2, -0.15) is 0 Å². The number of rotatable bonds is 12. The highest BCUT2D eigenvalue weighted by atomic mass is 19.1. The second kappa shape index (κ2) is 24.2. The molecule has 418 valence electrons. The third-order valence-electron chi connectivity index (χ3n) is 13.9. The fraction of sp³-hybridized carbons (Fsp3) is 0.449. The van der Waals surface area contributed by atoms with Crippen molar-refractivity contribution in [1.29, 1.82) is 0 Å². The van der Waals surface area contributed by atoms with Gasteiger partial charge in [0.05, 0.1) is 44.9 Å². The van der Waals surface area contributed by atoms with Gasteiger partial charge in [-0.3, -0.25) is 38.8 Å². The van der Waals surface area contributed by atoms with Crippen LogP contribution in [0, 0.1) is 5.82 Å². The normalized spacial score (nSPS) is 30.0. The summed E-state index contributed by atoms with van der Waals surface area (Å²) in [5.41, 5.74) is 13.8. The number of nitrogens with zero attached hydrogens (tertiary/aromatic N) is 4. The number of aliphatic hydroxyl groups is 7. The van der Waals surface area contributed by atoms with Crippen molar-refractivity contribution in [3.8, 4) is 11.5 Å². The lowest BCUT2D eigenvalue weighted by molar-refractivity contribution is -0.260. The lowest BCUT2D eigenvalue weighted by Crippen LogP contribution is -2.70. The number of amides is 6. The first-order valence-electron chi connectivity index (χ1n) is 24.7. The number of guanidine groups is 2. The molecular weight excluding hydrogens is 1030 g/mol. The lowest BCUT2D eigenvalue weighted by atomic mass is 9.92. The highest BCUT2D eigenvalue weighted by Gasteiger charge is 2.52. The Hall–Kier alpha value is -7.90. The Morgan fingerprint density at radius 3 is 2.10 bits per heavy atom. The van der Waals surface area contributed by atoms with Crippen molar-refractivity contribution in [2.75, 3.05) is 32.8 Å². The number of aliphatic hydroxyl groups excluding tert-OH is 7. The van der Waals surface area contributed by atoms with Crippen LogP contribution in [0.25, 0.3) is 22.6 Å². The van der Waals surface area contributed by atoms with Crippen LogP contribution in [0.2, 0.25) is 0 Å². The number of benzene rings is 3. The molecule has 29 heteroatoms. The zero-order valence-electron chi connectivity index (χ0n) is 41.5. The van der Waals surface area contributed by atoms with Crippen LogP contribution in [0.15, 0.2) is 87.2 Å². The molecule has 0 aliphatic carbocycles. The highest BCUT2D eigenvalue weighted by Crippen LogP contribution is 2.30. The van der Waals surface area contributed by atoms with Crippen molar-refractivity contribution >= 4 is 58.5 Å². The maximum absolute atomic E-state index is 15.0. The molecule has 0 saturated carbocycles. The van der Waals surface area contributed by atoms with Crippen molar-refractivity contribution in [3.63, 3.8) is 0 Å². The fourth-order valence-electron chi connectivity index (χ4n) is 9.55. The number of aromatic nitrogens is 1. The number of nitrogens with two attached hydrogens (primary N) is 2. The summed E-state index contributed by atoms with van der Waals surface area (Å²) in [6.45, 7) is -1.99. The first-order valence-corrected chi connectivity index (χ1v) is 24.7.